The third-order valence-electron chi connectivity index (χ3n) is 3.05. The number of rotatable bonds is 5. The molecule has 1 aromatic heterocycles. The molecule has 0 spiro atoms. The van der Waals surface area contributed by atoms with E-state index in [4.69, 9.17) is 4.52 Å². The Hall–Kier alpha value is -0.940. The number of hydrogen-bond acceptors (Lipinski definition) is 5. The molecule has 0 radical (unpaired) electrons. The zero-order chi connectivity index (χ0) is 11.2. The largest absolute Gasteiger partial charge is 0.343 e. The van der Waals surface area contributed by atoms with Gasteiger partial charge in [-0.2, -0.15) is 4.98 Å². The van der Waals surface area contributed by atoms with E-state index < -0.39 is 0 Å². The van der Waals surface area contributed by atoms with Gasteiger partial charge in [-0.3, -0.25) is 4.90 Å². The van der Waals surface area contributed by atoms with Crippen molar-refractivity contribution in [2.75, 3.05) is 19.6 Å². The van der Waals surface area contributed by atoms with Crippen molar-refractivity contribution in [2.45, 2.75) is 38.8 Å². The van der Waals surface area contributed by atoms with Gasteiger partial charge in [0.15, 0.2) is 5.82 Å². The number of nitrogens with one attached hydrogen (secondary N) is 1. The number of hydrogen-bond donors (Lipinski definition) is 1. The van der Waals surface area contributed by atoms with Gasteiger partial charge in [-0.15, -0.1) is 0 Å². The van der Waals surface area contributed by atoms with Crippen LogP contribution in [0.5, 0.6) is 0 Å². The molecule has 1 unspecified atom stereocenters. The molecular weight excluding hydrogens is 204 g/mol. The SMILES string of the molecule is CCCN(Cc1ncon1)C1CCCNC1. The predicted octanol–water partition coefficient (Wildman–Crippen LogP) is 1.03. The van der Waals surface area contributed by atoms with E-state index in [0.717, 1.165) is 38.4 Å². The van der Waals surface area contributed by atoms with E-state index in [9.17, 15) is 0 Å². The summed E-state index contributed by atoms with van der Waals surface area (Å²) in [5, 5.41) is 7.33. The Bertz CT molecular complexity index is 282. The monoisotopic (exact) mass is 224 g/mol. The second-order valence-electron chi connectivity index (χ2n) is 4.32. The van der Waals surface area contributed by atoms with E-state index in [-0.39, 0.29) is 0 Å². The van der Waals surface area contributed by atoms with E-state index in [1.165, 1.54) is 19.2 Å². The van der Waals surface area contributed by atoms with E-state index in [1.807, 2.05) is 0 Å². The minimum Gasteiger partial charge on any atom is -0.343 e. The van der Waals surface area contributed by atoms with Crippen LogP contribution in [0.1, 0.15) is 32.0 Å². The first kappa shape index (κ1) is 11.5. The molecule has 1 N–H and O–H groups in total. The highest BCUT2D eigenvalue weighted by Crippen LogP contribution is 2.13. The first-order valence-electron chi connectivity index (χ1n) is 6.10. The summed E-state index contributed by atoms with van der Waals surface area (Å²) in [4.78, 5) is 6.55. The van der Waals surface area contributed by atoms with E-state index in [0.29, 0.717) is 6.04 Å². The molecule has 1 atom stereocenters. The molecule has 5 nitrogen and oxygen atoms in total. The molecular formula is C11H20N4O. The maximum absolute atomic E-state index is 4.78. The Morgan fingerprint density at radius 3 is 3.19 bits per heavy atom. The molecule has 5 heteroatoms. The van der Waals surface area contributed by atoms with Crippen molar-refractivity contribution in [1.82, 2.24) is 20.4 Å². The molecule has 0 bridgehead atoms. The minimum atomic E-state index is 0.618. The first-order chi connectivity index (χ1) is 7.90. The van der Waals surface area contributed by atoms with Gasteiger partial charge in [-0.25, -0.2) is 0 Å². The fourth-order valence-electron chi connectivity index (χ4n) is 2.27. The molecule has 2 heterocycles. The van der Waals surface area contributed by atoms with Crippen LogP contribution in [0.3, 0.4) is 0 Å². The lowest BCUT2D eigenvalue weighted by atomic mass is 10.1. The van der Waals surface area contributed by atoms with Gasteiger partial charge in [0.05, 0.1) is 6.54 Å². The van der Waals surface area contributed by atoms with Crippen molar-refractivity contribution in [1.29, 1.82) is 0 Å². The highest BCUT2D eigenvalue weighted by molar-refractivity contribution is 4.84. The Morgan fingerprint density at radius 2 is 2.56 bits per heavy atom. The van der Waals surface area contributed by atoms with Gasteiger partial charge in [-0.05, 0) is 32.4 Å². The number of piperidine rings is 1. The van der Waals surface area contributed by atoms with Gasteiger partial charge in [0.1, 0.15) is 0 Å². The van der Waals surface area contributed by atoms with Gasteiger partial charge in [0.2, 0.25) is 6.39 Å². The molecule has 16 heavy (non-hydrogen) atoms. The van der Waals surface area contributed by atoms with Crippen molar-refractivity contribution >= 4 is 0 Å². The minimum absolute atomic E-state index is 0.618. The second-order valence-corrected chi connectivity index (χ2v) is 4.32. The topological polar surface area (TPSA) is 54.2 Å². The zero-order valence-corrected chi connectivity index (χ0v) is 9.85. The van der Waals surface area contributed by atoms with Crippen molar-refractivity contribution in [2.24, 2.45) is 0 Å². The summed E-state index contributed by atoms with van der Waals surface area (Å²) < 4.78 is 4.78. The maximum Gasteiger partial charge on any atom is 0.213 e. The summed E-state index contributed by atoms with van der Waals surface area (Å²) in [5.41, 5.74) is 0. The van der Waals surface area contributed by atoms with Crippen LogP contribution in [0.2, 0.25) is 0 Å². The van der Waals surface area contributed by atoms with Crippen LogP contribution in [0.25, 0.3) is 0 Å². The normalized spacial score (nSPS) is 21.5. The number of aromatic nitrogens is 2. The average Bonchev–Trinajstić information content (AvgIpc) is 2.83. The summed E-state index contributed by atoms with van der Waals surface area (Å²) in [7, 11) is 0. The zero-order valence-electron chi connectivity index (χ0n) is 9.85. The Balaban J connectivity index is 1.92. The van der Waals surface area contributed by atoms with Crippen LogP contribution in [0.4, 0.5) is 0 Å². The van der Waals surface area contributed by atoms with E-state index in [1.54, 1.807) is 0 Å². The van der Waals surface area contributed by atoms with Crippen molar-refractivity contribution in [3.8, 4) is 0 Å². The fraction of sp³-hybridized carbons (Fsp3) is 0.818. The first-order valence-corrected chi connectivity index (χ1v) is 6.10. The summed E-state index contributed by atoms with van der Waals surface area (Å²) in [6, 6.07) is 0.618. The Kier molecular flexibility index (Phi) is 4.30. The smallest absolute Gasteiger partial charge is 0.213 e. The predicted molar refractivity (Wildman–Crippen MR) is 60.9 cm³/mol. The molecule has 1 aromatic rings. The van der Waals surface area contributed by atoms with E-state index >= 15 is 0 Å². The van der Waals surface area contributed by atoms with Gasteiger partial charge in [0.25, 0.3) is 0 Å². The lowest BCUT2D eigenvalue weighted by Gasteiger charge is -2.33. The lowest BCUT2D eigenvalue weighted by molar-refractivity contribution is 0.153. The third kappa shape index (κ3) is 3.02. The van der Waals surface area contributed by atoms with Crippen LogP contribution in [0.15, 0.2) is 10.9 Å². The summed E-state index contributed by atoms with van der Waals surface area (Å²) in [5.74, 6) is 0.791. The molecule has 1 aliphatic heterocycles. The van der Waals surface area contributed by atoms with Crippen LogP contribution in [0, 0.1) is 0 Å². The van der Waals surface area contributed by atoms with E-state index in [2.05, 4.69) is 27.3 Å². The van der Waals surface area contributed by atoms with Crippen LogP contribution >= 0.6 is 0 Å². The van der Waals surface area contributed by atoms with Crippen molar-refractivity contribution in [3.63, 3.8) is 0 Å². The molecule has 90 valence electrons. The van der Waals surface area contributed by atoms with Gasteiger partial charge >= 0.3 is 0 Å². The van der Waals surface area contributed by atoms with Crippen LogP contribution in [-0.2, 0) is 6.54 Å². The Morgan fingerprint density at radius 1 is 1.62 bits per heavy atom. The molecule has 1 aliphatic rings. The molecule has 0 saturated carbocycles. The lowest BCUT2D eigenvalue weighted by Crippen LogP contribution is -2.46. The molecule has 1 fully saturated rings. The maximum atomic E-state index is 4.78. The quantitative estimate of drug-likeness (QED) is 0.809. The second kappa shape index (κ2) is 5.96. The van der Waals surface area contributed by atoms with Crippen molar-refractivity contribution < 1.29 is 4.52 Å². The molecule has 0 aromatic carbocycles. The standard InChI is InChI=1S/C11H20N4O/c1-2-6-15(8-11-13-9-16-14-11)10-4-3-5-12-7-10/h9-10,12H,2-8H2,1H3. The molecule has 1 saturated heterocycles. The summed E-state index contributed by atoms with van der Waals surface area (Å²) in [6.45, 7) is 6.34. The highest BCUT2D eigenvalue weighted by atomic mass is 16.5. The van der Waals surface area contributed by atoms with Crippen LogP contribution in [-0.4, -0.2) is 40.7 Å². The van der Waals surface area contributed by atoms with Gasteiger partial charge in [0, 0.05) is 12.6 Å². The van der Waals surface area contributed by atoms with Crippen molar-refractivity contribution in [3.05, 3.63) is 12.2 Å². The van der Waals surface area contributed by atoms with Crippen LogP contribution < -0.4 is 5.32 Å². The molecule has 2 rings (SSSR count). The Labute approximate surface area is 96.2 Å². The highest BCUT2D eigenvalue weighted by Gasteiger charge is 2.21. The van der Waals surface area contributed by atoms with Gasteiger partial charge in [-0.1, -0.05) is 12.1 Å². The number of nitrogens with zero attached hydrogens (tertiary/aromatic N) is 3. The third-order valence-corrected chi connectivity index (χ3v) is 3.05. The molecule has 0 aliphatic carbocycles. The fourth-order valence-corrected chi connectivity index (χ4v) is 2.27. The summed E-state index contributed by atoms with van der Waals surface area (Å²) >= 11 is 0. The molecule has 0 amide bonds. The summed E-state index contributed by atoms with van der Waals surface area (Å²) in [6.07, 6.45) is 5.09. The van der Waals surface area contributed by atoms with Gasteiger partial charge < -0.3 is 9.84 Å². The average molecular weight is 224 g/mol.